The number of hydrogen-bond acceptors (Lipinski definition) is 4. The van der Waals surface area contributed by atoms with Gasteiger partial charge in [-0.05, 0) is 49.2 Å². The van der Waals surface area contributed by atoms with Crippen molar-refractivity contribution in [2.45, 2.75) is 26.1 Å². The Labute approximate surface area is 187 Å². The van der Waals surface area contributed by atoms with Crippen LogP contribution in [0.2, 0.25) is 5.02 Å². The summed E-state index contributed by atoms with van der Waals surface area (Å²) in [6.45, 7) is 3.40. The number of hydrogen-bond donors (Lipinski definition) is 2. The van der Waals surface area contributed by atoms with E-state index in [2.05, 4.69) is 15.0 Å². The lowest BCUT2D eigenvalue weighted by atomic mass is 10.0. The molecule has 0 saturated heterocycles. The average molecular weight is 486 g/mol. The molecule has 170 valence electrons. The molecule has 1 aromatic heterocycles. The molecule has 0 radical (unpaired) electrons. The highest BCUT2D eigenvalue weighted by Gasteiger charge is 2.30. The largest absolute Gasteiger partial charge is 0.416 e. The highest BCUT2D eigenvalue weighted by Crippen LogP contribution is 2.32. The normalized spacial score (nSPS) is 13.1. The zero-order valence-electron chi connectivity index (χ0n) is 17.2. The Morgan fingerprint density at radius 2 is 1.84 bits per heavy atom. The highest BCUT2D eigenvalue weighted by atomic mass is 35.5. The summed E-state index contributed by atoms with van der Waals surface area (Å²) in [5.41, 5.74) is 0.993. The van der Waals surface area contributed by atoms with Crippen LogP contribution < -0.4 is 10.0 Å². The first-order valence-corrected chi connectivity index (χ1v) is 11.6. The zero-order valence-corrected chi connectivity index (χ0v) is 18.8. The van der Waals surface area contributed by atoms with Gasteiger partial charge in [-0.15, -0.1) is 0 Å². The summed E-state index contributed by atoms with van der Waals surface area (Å²) in [5, 5.41) is 3.41. The maximum atomic E-state index is 12.9. The minimum Gasteiger partial charge on any atom is -0.345 e. The second kappa shape index (κ2) is 8.59. The number of benzene rings is 2. The van der Waals surface area contributed by atoms with Crippen molar-refractivity contribution < 1.29 is 26.4 Å². The standard InChI is InChI=1S/C21H19ClF3N3O3S/c1-11-6-16(17(22)9-18(11)28-32(3,30)31)12(2)27-20(29)14-7-13-4-5-15(21(23,24)25)8-19(13)26-10-14/h4-10,12,28H,1-3H3,(H,27,29). The van der Waals surface area contributed by atoms with Crippen LogP contribution in [0.4, 0.5) is 18.9 Å². The zero-order chi connectivity index (χ0) is 23.8. The molecule has 0 aliphatic rings. The molecule has 0 aliphatic carbocycles. The van der Waals surface area contributed by atoms with Gasteiger partial charge in [-0.3, -0.25) is 14.5 Å². The van der Waals surface area contributed by atoms with Crippen LogP contribution in [0.1, 0.15) is 40.0 Å². The number of aromatic nitrogens is 1. The number of fused-ring (bicyclic) bond motifs is 1. The number of aryl methyl sites for hydroxylation is 1. The van der Waals surface area contributed by atoms with E-state index < -0.39 is 33.7 Å². The van der Waals surface area contributed by atoms with Crippen LogP contribution in [0, 0.1) is 6.92 Å². The van der Waals surface area contributed by atoms with Crippen molar-refractivity contribution in [2.75, 3.05) is 11.0 Å². The van der Waals surface area contributed by atoms with Crippen molar-refractivity contribution in [1.29, 1.82) is 0 Å². The Morgan fingerprint density at radius 1 is 1.16 bits per heavy atom. The summed E-state index contributed by atoms with van der Waals surface area (Å²) < 4.78 is 63.9. The number of carbonyl (C=O) groups is 1. The van der Waals surface area contributed by atoms with Crippen LogP contribution >= 0.6 is 11.6 Å². The smallest absolute Gasteiger partial charge is 0.345 e. The maximum absolute atomic E-state index is 12.9. The van der Waals surface area contributed by atoms with Crippen molar-refractivity contribution in [1.82, 2.24) is 10.3 Å². The van der Waals surface area contributed by atoms with Crippen molar-refractivity contribution in [3.63, 3.8) is 0 Å². The van der Waals surface area contributed by atoms with Crippen molar-refractivity contribution in [3.05, 3.63) is 69.9 Å². The monoisotopic (exact) mass is 485 g/mol. The Morgan fingerprint density at radius 3 is 2.47 bits per heavy atom. The first kappa shape index (κ1) is 23.8. The lowest BCUT2D eigenvalue weighted by Gasteiger charge is -2.18. The molecule has 0 saturated carbocycles. The second-order valence-corrected chi connectivity index (χ2v) is 9.54. The number of rotatable bonds is 5. The Balaban J connectivity index is 1.82. The summed E-state index contributed by atoms with van der Waals surface area (Å²) in [5.74, 6) is -0.487. The number of nitrogens with zero attached hydrogens (tertiary/aromatic N) is 1. The van der Waals surface area contributed by atoms with Gasteiger partial charge in [0.1, 0.15) is 0 Å². The second-order valence-electron chi connectivity index (χ2n) is 7.39. The summed E-state index contributed by atoms with van der Waals surface area (Å²) in [6, 6.07) is 7.17. The van der Waals surface area contributed by atoms with Crippen LogP contribution in [0.3, 0.4) is 0 Å². The van der Waals surface area contributed by atoms with Gasteiger partial charge in [-0.25, -0.2) is 8.42 Å². The summed E-state index contributed by atoms with van der Waals surface area (Å²) >= 11 is 6.29. The Kier molecular flexibility index (Phi) is 6.39. The minimum atomic E-state index is -4.48. The molecule has 1 atom stereocenters. The molecule has 6 nitrogen and oxygen atoms in total. The third-order valence-corrected chi connectivity index (χ3v) is 5.64. The molecule has 1 unspecified atom stereocenters. The molecule has 11 heteroatoms. The third-order valence-electron chi connectivity index (χ3n) is 4.73. The van der Waals surface area contributed by atoms with Crippen LogP contribution in [-0.2, 0) is 16.2 Å². The molecule has 0 spiro atoms. The number of sulfonamides is 1. The summed E-state index contributed by atoms with van der Waals surface area (Å²) in [7, 11) is -3.48. The number of halogens is 4. The fourth-order valence-corrected chi connectivity index (χ4v) is 4.07. The molecule has 3 aromatic rings. The van der Waals surface area contributed by atoms with E-state index in [-0.39, 0.29) is 16.1 Å². The van der Waals surface area contributed by atoms with Gasteiger partial charge in [0.15, 0.2) is 0 Å². The minimum absolute atomic E-state index is 0.122. The van der Waals surface area contributed by atoms with Crippen molar-refractivity contribution >= 4 is 44.1 Å². The van der Waals surface area contributed by atoms with Crippen LogP contribution in [0.15, 0.2) is 42.6 Å². The number of anilines is 1. The van der Waals surface area contributed by atoms with Gasteiger partial charge < -0.3 is 5.32 Å². The Hall–Kier alpha value is -2.85. The third kappa shape index (κ3) is 5.49. The molecule has 1 amide bonds. The van der Waals surface area contributed by atoms with E-state index in [9.17, 15) is 26.4 Å². The molecule has 0 fully saturated rings. The molecule has 2 aromatic carbocycles. The SMILES string of the molecule is Cc1cc(C(C)NC(=O)c2cnc3cc(C(F)(F)F)ccc3c2)c(Cl)cc1NS(C)(=O)=O. The van der Waals surface area contributed by atoms with Crippen LogP contribution in [-0.4, -0.2) is 25.6 Å². The number of carbonyl (C=O) groups excluding carboxylic acids is 1. The van der Waals surface area contributed by atoms with E-state index in [0.29, 0.717) is 22.2 Å². The van der Waals surface area contributed by atoms with Gasteiger partial charge in [0.05, 0.1) is 34.6 Å². The van der Waals surface area contributed by atoms with Gasteiger partial charge in [-0.2, -0.15) is 13.2 Å². The summed E-state index contributed by atoms with van der Waals surface area (Å²) in [4.78, 5) is 16.7. The topological polar surface area (TPSA) is 88.2 Å². The molecular weight excluding hydrogens is 467 g/mol. The first-order valence-electron chi connectivity index (χ1n) is 9.30. The van der Waals surface area contributed by atoms with E-state index in [1.165, 1.54) is 24.4 Å². The van der Waals surface area contributed by atoms with E-state index >= 15 is 0 Å². The van der Waals surface area contributed by atoms with Gasteiger partial charge in [0.25, 0.3) is 5.91 Å². The van der Waals surface area contributed by atoms with Gasteiger partial charge in [0, 0.05) is 16.6 Å². The average Bonchev–Trinajstić information content (AvgIpc) is 2.67. The lowest BCUT2D eigenvalue weighted by Crippen LogP contribution is -2.27. The lowest BCUT2D eigenvalue weighted by molar-refractivity contribution is -0.137. The molecule has 2 N–H and O–H groups in total. The molecule has 32 heavy (non-hydrogen) atoms. The number of pyridine rings is 1. The van der Waals surface area contributed by atoms with E-state index in [1.54, 1.807) is 19.9 Å². The van der Waals surface area contributed by atoms with Crippen LogP contribution in [0.5, 0.6) is 0 Å². The fraction of sp³-hybridized carbons (Fsp3) is 0.238. The number of amides is 1. The quantitative estimate of drug-likeness (QED) is 0.527. The number of nitrogens with one attached hydrogen (secondary N) is 2. The van der Waals surface area contributed by atoms with E-state index in [0.717, 1.165) is 18.4 Å². The number of alkyl halides is 3. The fourth-order valence-electron chi connectivity index (χ4n) is 3.13. The predicted octanol–water partition coefficient (Wildman–Crippen LogP) is 5.08. The van der Waals surface area contributed by atoms with Gasteiger partial charge in [-0.1, -0.05) is 23.7 Å². The van der Waals surface area contributed by atoms with Gasteiger partial charge in [0.2, 0.25) is 10.0 Å². The van der Waals surface area contributed by atoms with Crippen molar-refractivity contribution in [2.24, 2.45) is 0 Å². The molecule has 0 aliphatic heterocycles. The Bertz CT molecular complexity index is 1310. The van der Waals surface area contributed by atoms with Gasteiger partial charge >= 0.3 is 6.18 Å². The van der Waals surface area contributed by atoms with E-state index in [4.69, 9.17) is 11.6 Å². The highest BCUT2D eigenvalue weighted by molar-refractivity contribution is 7.92. The first-order chi connectivity index (χ1) is 14.7. The molecule has 3 rings (SSSR count). The van der Waals surface area contributed by atoms with Crippen molar-refractivity contribution in [3.8, 4) is 0 Å². The maximum Gasteiger partial charge on any atom is 0.416 e. The predicted molar refractivity (Wildman–Crippen MR) is 117 cm³/mol. The molecule has 0 bridgehead atoms. The summed E-state index contributed by atoms with van der Waals surface area (Å²) in [6.07, 6.45) is -2.25. The molecule has 1 heterocycles. The van der Waals surface area contributed by atoms with E-state index in [1.807, 2.05) is 0 Å². The molecular formula is C21H19ClF3N3O3S. The van der Waals surface area contributed by atoms with Crippen LogP contribution in [0.25, 0.3) is 10.9 Å².